The number of likely N-dealkylation sites (tertiary alicyclic amines) is 1. The molecule has 1 saturated heterocycles. The number of hydrogen-bond acceptors (Lipinski definition) is 2. The highest BCUT2D eigenvalue weighted by molar-refractivity contribution is 6.30. The zero-order chi connectivity index (χ0) is 17.2. The lowest BCUT2D eigenvalue weighted by molar-refractivity contribution is -0.144. The van der Waals surface area contributed by atoms with Crippen LogP contribution in [0.3, 0.4) is 0 Å². The first-order chi connectivity index (χ1) is 11.5. The van der Waals surface area contributed by atoms with Gasteiger partial charge in [0, 0.05) is 24.0 Å². The van der Waals surface area contributed by atoms with Gasteiger partial charge >= 0.3 is 0 Å². The third-order valence-corrected chi connectivity index (χ3v) is 4.70. The van der Waals surface area contributed by atoms with Crippen LogP contribution in [0.2, 0.25) is 5.02 Å². The molecular formula is C20H22ClNO2. The summed E-state index contributed by atoms with van der Waals surface area (Å²) in [6.07, 6.45) is 0.993. The summed E-state index contributed by atoms with van der Waals surface area (Å²) < 4.78 is 5.92. The average Bonchev–Trinajstić information content (AvgIpc) is 3.07. The standard InChI is InChI=1S/C20H22ClNO2/c1-20(2,24-18-10-8-17(21)9-11-18)19(23)22-13-12-16(14-22)15-6-4-3-5-7-15/h3-11,16H,12-14H2,1-2H3. The summed E-state index contributed by atoms with van der Waals surface area (Å²) in [5.41, 5.74) is 0.392. The Morgan fingerprint density at radius 2 is 1.79 bits per heavy atom. The van der Waals surface area contributed by atoms with Gasteiger partial charge in [-0.15, -0.1) is 0 Å². The molecule has 2 aromatic carbocycles. The Morgan fingerprint density at radius 3 is 2.46 bits per heavy atom. The van der Waals surface area contributed by atoms with E-state index in [-0.39, 0.29) is 5.91 Å². The second-order valence-corrected chi connectivity index (χ2v) is 7.15. The van der Waals surface area contributed by atoms with Crippen molar-refractivity contribution in [2.45, 2.75) is 31.8 Å². The second kappa shape index (κ2) is 6.86. The highest BCUT2D eigenvalue weighted by atomic mass is 35.5. The van der Waals surface area contributed by atoms with E-state index in [1.165, 1.54) is 5.56 Å². The first-order valence-corrected chi connectivity index (χ1v) is 8.62. The zero-order valence-corrected chi connectivity index (χ0v) is 14.8. The summed E-state index contributed by atoms with van der Waals surface area (Å²) in [5.74, 6) is 1.08. The van der Waals surface area contributed by atoms with Crippen LogP contribution in [0.25, 0.3) is 0 Å². The number of carbonyl (C=O) groups is 1. The number of carbonyl (C=O) groups excluding carboxylic acids is 1. The molecule has 0 bridgehead atoms. The van der Waals surface area contributed by atoms with Crippen molar-refractivity contribution in [2.75, 3.05) is 13.1 Å². The summed E-state index contributed by atoms with van der Waals surface area (Å²) >= 11 is 5.89. The largest absolute Gasteiger partial charge is 0.478 e. The van der Waals surface area contributed by atoms with E-state index in [1.54, 1.807) is 24.3 Å². The molecule has 1 heterocycles. The fraction of sp³-hybridized carbons (Fsp3) is 0.350. The van der Waals surface area contributed by atoms with Gasteiger partial charge in [-0.2, -0.15) is 0 Å². The van der Waals surface area contributed by atoms with E-state index in [1.807, 2.05) is 36.9 Å². The minimum Gasteiger partial charge on any atom is -0.478 e. The molecule has 0 radical (unpaired) electrons. The van der Waals surface area contributed by atoms with Gasteiger partial charge in [0.25, 0.3) is 5.91 Å². The van der Waals surface area contributed by atoms with Crippen LogP contribution >= 0.6 is 11.6 Å². The summed E-state index contributed by atoms with van der Waals surface area (Å²) in [6.45, 7) is 5.15. The van der Waals surface area contributed by atoms with E-state index in [9.17, 15) is 4.79 Å². The number of amides is 1. The highest BCUT2D eigenvalue weighted by Gasteiger charge is 2.38. The van der Waals surface area contributed by atoms with Crippen molar-refractivity contribution in [3.63, 3.8) is 0 Å². The van der Waals surface area contributed by atoms with Crippen LogP contribution in [-0.2, 0) is 4.79 Å². The normalized spacial score (nSPS) is 17.8. The average molecular weight is 344 g/mol. The van der Waals surface area contributed by atoms with Crippen LogP contribution in [0.5, 0.6) is 5.75 Å². The summed E-state index contributed by atoms with van der Waals surface area (Å²) in [5, 5.41) is 0.650. The summed E-state index contributed by atoms with van der Waals surface area (Å²) in [6, 6.07) is 17.5. The maximum Gasteiger partial charge on any atom is 0.266 e. The number of hydrogen-bond donors (Lipinski definition) is 0. The van der Waals surface area contributed by atoms with Gasteiger partial charge in [-0.3, -0.25) is 4.79 Å². The molecule has 24 heavy (non-hydrogen) atoms. The molecule has 4 heteroatoms. The van der Waals surface area contributed by atoms with Gasteiger partial charge < -0.3 is 9.64 Å². The summed E-state index contributed by atoms with van der Waals surface area (Å²) in [4.78, 5) is 14.8. The molecule has 2 aromatic rings. The number of rotatable bonds is 4. The van der Waals surface area contributed by atoms with Crippen molar-refractivity contribution in [3.05, 3.63) is 65.2 Å². The third-order valence-electron chi connectivity index (χ3n) is 4.45. The van der Waals surface area contributed by atoms with Gasteiger partial charge in [-0.1, -0.05) is 41.9 Å². The predicted molar refractivity (Wildman–Crippen MR) is 96.5 cm³/mol. The van der Waals surface area contributed by atoms with E-state index in [2.05, 4.69) is 12.1 Å². The van der Waals surface area contributed by atoms with Gasteiger partial charge in [0.15, 0.2) is 5.60 Å². The van der Waals surface area contributed by atoms with Crippen LogP contribution in [0.1, 0.15) is 31.7 Å². The monoisotopic (exact) mass is 343 g/mol. The minimum absolute atomic E-state index is 0.0240. The molecule has 0 saturated carbocycles. The van der Waals surface area contributed by atoms with Crippen molar-refractivity contribution < 1.29 is 9.53 Å². The maximum atomic E-state index is 12.9. The molecule has 1 atom stereocenters. The van der Waals surface area contributed by atoms with Crippen LogP contribution in [0, 0.1) is 0 Å². The van der Waals surface area contributed by atoms with Crippen molar-refractivity contribution >= 4 is 17.5 Å². The van der Waals surface area contributed by atoms with Gasteiger partial charge in [-0.25, -0.2) is 0 Å². The fourth-order valence-electron chi connectivity index (χ4n) is 3.16. The topological polar surface area (TPSA) is 29.5 Å². The Bertz CT molecular complexity index is 697. The van der Waals surface area contributed by atoms with Gasteiger partial charge in [-0.05, 0) is 50.1 Å². The van der Waals surface area contributed by atoms with Crippen molar-refractivity contribution in [3.8, 4) is 5.75 Å². The second-order valence-electron chi connectivity index (χ2n) is 6.71. The first-order valence-electron chi connectivity index (χ1n) is 8.24. The molecule has 1 unspecified atom stereocenters. The van der Waals surface area contributed by atoms with Crippen molar-refractivity contribution in [1.82, 2.24) is 4.90 Å². The lowest BCUT2D eigenvalue weighted by atomic mass is 9.99. The van der Waals surface area contributed by atoms with Crippen LogP contribution in [0.4, 0.5) is 0 Å². The molecule has 1 fully saturated rings. The lowest BCUT2D eigenvalue weighted by Crippen LogP contribution is -2.48. The molecule has 0 N–H and O–H groups in total. The molecule has 0 aliphatic carbocycles. The van der Waals surface area contributed by atoms with Crippen molar-refractivity contribution in [1.29, 1.82) is 0 Å². The van der Waals surface area contributed by atoms with Crippen molar-refractivity contribution in [2.24, 2.45) is 0 Å². The van der Waals surface area contributed by atoms with Gasteiger partial charge in [0.2, 0.25) is 0 Å². The molecule has 3 rings (SSSR count). The smallest absolute Gasteiger partial charge is 0.266 e. The first kappa shape index (κ1) is 16.8. The van der Waals surface area contributed by atoms with E-state index in [0.29, 0.717) is 16.7 Å². The number of halogens is 1. The Balaban J connectivity index is 1.66. The number of ether oxygens (including phenoxy) is 1. The molecule has 0 spiro atoms. The minimum atomic E-state index is -0.903. The maximum absolute atomic E-state index is 12.9. The molecule has 0 aromatic heterocycles. The Kier molecular flexibility index (Phi) is 4.81. The Morgan fingerprint density at radius 1 is 1.12 bits per heavy atom. The molecule has 1 amide bonds. The number of benzene rings is 2. The van der Waals surface area contributed by atoms with Crippen LogP contribution in [0.15, 0.2) is 54.6 Å². The van der Waals surface area contributed by atoms with Crippen LogP contribution in [-0.4, -0.2) is 29.5 Å². The third kappa shape index (κ3) is 3.73. The summed E-state index contributed by atoms with van der Waals surface area (Å²) in [7, 11) is 0. The molecule has 3 nitrogen and oxygen atoms in total. The van der Waals surface area contributed by atoms with Gasteiger partial charge in [0.05, 0.1) is 0 Å². The van der Waals surface area contributed by atoms with E-state index in [4.69, 9.17) is 16.3 Å². The molecule has 126 valence electrons. The zero-order valence-electron chi connectivity index (χ0n) is 14.0. The van der Waals surface area contributed by atoms with Gasteiger partial charge in [0.1, 0.15) is 5.75 Å². The molecular weight excluding hydrogens is 322 g/mol. The van der Waals surface area contributed by atoms with E-state index in [0.717, 1.165) is 19.5 Å². The quantitative estimate of drug-likeness (QED) is 0.817. The molecule has 1 aliphatic heterocycles. The SMILES string of the molecule is CC(C)(Oc1ccc(Cl)cc1)C(=O)N1CCC(c2ccccc2)C1. The van der Waals surface area contributed by atoms with Crippen LogP contribution < -0.4 is 4.74 Å². The highest BCUT2D eigenvalue weighted by Crippen LogP contribution is 2.30. The van der Waals surface area contributed by atoms with E-state index >= 15 is 0 Å². The number of nitrogens with zero attached hydrogens (tertiary/aromatic N) is 1. The molecule has 1 aliphatic rings. The lowest BCUT2D eigenvalue weighted by Gasteiger charge is -2.30. The Hall–Kier alpha value is -2.00. The Labute approximate surface area is 148 Å². The van der Waals surface area contributed by atoms with E-state index < -0.39 is 5.60 Å². The fourth-order valence-corrected chi connectivity index (χ4v) is 3.29. The predicted octanol–water partition coefficient (Wildman–Crippen LogP) is 4.51.